The maximum atomic E-state index is 13.2. The Bertz CT molecular complexity index is 1280. The van der Waals surface area contributed by atoms with Crippen molar-refractivity contribution in [1.82, 2.24) is 0 Å². The molecule has 1 aliphatic rings. The molecule has 0 aliphatic carbocycles. The van der Waals surface area contributed by atoms with Crippen LogP contribution in [0.5, 0.6) is 5.75 Å². The molecule has 0 radical (unpaired) electrons. The minimum Gasteiger partial charge on any atom is -0.507 e. The Balaban J connectivity index is 1.95. The van der Waals surface area contributed by atoms with Crippen molar-refractivity contribution in [1.29, 1.82) is 0 Å². The minimum atomic E-state index is -0.891. The number of aliphatic hydroxyl groups is 1. The number of carbonyl (C=O) groups is 2. The van der Waals surface area contributed by atoms with E-state index < -0.39 is 17.7 Å². The zero-order valence-electron chi connectivity index (χ0n) is 18.0. The van der Waals surface area contributed by atoms with E-state index in [2.05, 4.69) is 0 Å². The van der Waals surface area contributed by atoms with E-state index in [0.717, 1.165) is 5.56 Å². The Hall–Kier alpha value is -3.28. The van der Waals surface area contributed by atoms with Crippen LogP contribution in [0.1, 0.15) is 29.7 Å². The molecule has 1 N–H and O–H groups in total. The fraction of sp³-hybridized carbons (Fsp3) is 0.154. The number of carbonyl (C=O) groups excluding carboxylic acids is 2. The van der Waals surface area contributed by atoms with Crippen LogP contribution in [0.15, 0.2) is 72.3 Å². The van der Waals surface area contributed by atoms with Crippen molar-refractivity contribution in [2.75, 3.05) is 11.5 Å². The van der Waals surface area contributed by atoms with Gasteiger partial charge in [-0.1, -0.05) is 53.5 Å². The molecular formula is C26H21Cl2NO4. The van der Waals surface area contributed by atoms with E-state index in [1.54, 1.807) is 54.6 Å². The van der Waals surface area contributed by atoms with Gasteiger partial charge in [-0.15, -0.1) is 0 Å². The molecule has 0 aromatic heterocycles. The molecule has 1 aliphatic heterocycles. The summed E-state index contributed by atoms with van der Waals surface area (Å²) >= 11 is 12.4. The van der Waals surface area contributed by atoms with E-state index in [1.807, 2.05) is 26.0 Å². The molecule has 0 bridgehead atoms. The fourth-order valence-corrected chi connectivity index (χ4v) is 4.24. The number of ether oxygens (including phenoxy) is 1. The number of halogens is 2. The predicted molar refractivity (Wildman–Crippen MR) is 130 cm³/mol. The SMILES string of the molecule is CCOc1cccc(/C(O)=C2/C(=O)C(=O)N(c3cccc(C)c3)C2c2ccc(Cl)c(Cl)c2)c1. The number of hydrogen-bond donors (Lipinski definition) is 1. The summed E-state index contributed by atoms with van der Waals surface area (Å²) in [6.45, 7) is 4.20. The van der Waals surface area contributed by atoms with Crippen molar-refractivity contribution in [3.8, 4) is 5.75 Å². The van der Waals surface area contributed by atoms with Crippen LogP contribution in [0.2, 0.25) is 10.0 Å². The highest BCUT2D eigenvalue weighted by molar-refractivity contribution is 6.51. The first-order valence-electron chi connectivity index (χ1n) is 10.4. The van der Waals surface area contributed by atoms with Gasteiger partial charge in [-0.2, -0.15) is 0 Å². The highest BCUT2D eigenvalue weighted by Crippen LogP contribution is 2.43. The van der Waals surface area contributed by atoms with Gasteiger partial charge in [0.05, 0.1) is 28.3 Å². The Morgan fingerprint density at radius 3 is 2.45 bits per heavy atom. The molecule has 3 aromatic carbocycles. The first kappa shape index (κ1) is 22.9. The molecule has 1 atom stereocenters. The Kier molecular flexibility index (Phi) is 6.45. The monoisotopic (exact) mass is 481 g/mol. The summed E-state index contributed by atoms with van der Waals surface area (Å²) in [5, 5.41) is 11.9. The van der Waals surface area contributed by atoms with Gasteiger partial charge >= 0.3 is 0 Å². The molecular weight excluding hydrogens is 461 g/mol. The number of nitrogens with zero attached hydrogens (tertiary/aromatic N) is 1. The van der Waals surface area contributed by atoms with Crippen LogP contribution in [-0.4, -0.2) is 23.4 Å². The van der Waals surface area contributed by atoms with E-state index >= 15 is 0 Å². The van der Waals surface area contributed by atoms with Crippen molar-refractivity contribution >= 4 is 46.3 Å². The van der Waals surface area contributed by atoms with Gasteiger partial charge in [0.25, 0.3) is 11.7 Å². The molecule has 33 heavy (non-hydrogen) atoms. The summed E-state index contributed by atoms with van der Waals surface area (Å²) < 4.78 is 5.52. The van der Waals surface area contributed by atoms with E-state index in [4.69, 9.17) is 27.9 Å². The number of ketones is 1. The Morgan fingerprint density at radius 2 is 1.76 bits per heavy atom. The lowest BCUT2D eigenvalue weighted by molar-refractivity contribution is -0.132. The summed E-state index contributed by atoms with van der Waals surface area (Å²) in [7, 11) is 0. The van der Waals surface area contributed by atoms with Gasteiger partial charge in [0.2, 0.25) is 0 Å². The fourth-order valence-electron chi connectivity index (χ4n) is 3.93. The van der Waals surface area contributed by atoms with Gasteiger partial charge < -0.3 is 9.84 Å². The quantitative estimate of drug-likeness (QED) is 0.262. The zero-order valence-corrected chi connectivity index (χ0v) is 19.5. The average Bonchev–Trinajstić information content (AvgIpc) is 3.06. The van der Waals surface area contributed by atoms with Gasteiger partial charge in [-0.25, -0.2) is 0 Å². The molecule has 7 heteroatoms. The summed E-state index contributed by atoms with van der Waals surface area (Å²) in [5.74, 6) is -1.27. The Labute approximate surface area is 201 Å². The molecule has 0 saturated carbocycles. The molecule has 1 fully saturated rings. The number of amides is 1. The van der Waals surface area contributed by atoms with Crippen LogP contribution in [0.3, 0.4) is 0 Å². The number of benzene rings is 3. The van der Waals surface area contributed by atoms with Crippen LogP contribution < -0.4 is 9.64 Å². The maximum Gasteiger partial charge on any atom is 0.300 e. The lowest BCUT2D eigenvalue weighted by Gasteiger charge is -2.26. The predicted octanol–water partition coefficient (Wildman–Crippen LogP) is 6.33. The van der Waals surface area contributed by atoms with E-state index in [0.29, 0.717) is 34.2 Å². The van der Waals surface area contributed by atoms with E-state index in [-0.39, 0.29) is 16.4 Å². The van der Waals surface area contributed by atoms with Crippen molar-refractivity contribution in [3.63, 3.8) is 0 Å². The summed E-state index contributed by atoms with van der Waals surface area (Å²) in [6, 6.07) is 18.0. The number of anilines is 1. The number of aliphatic hydroxyl groups excluding tert-OH is 1. The third kappa shape index (κ3) is 4.34. The zero-order chi connectivity index (χ0) is 23.7. The minimum absolute atomic E-state index is 0.0338. The molecule has 5 nitrogen and oxygen atoms in total. The second kappa shape index (κ2) is 9.30. The largest absolute Gasteiger partial charge is 0.507 e. The second-order valence-corrected chi connectivity index (χ2v) is 8.46. The molecule has 1 saturated heterocycles. The van der Waals surface area contributed by atoms with Crippen LogP contribution in [0, 0.1) is 6.92 Å². The maximum absolute atomic E-state index is 13.2. The molecule has 1 heterocycles. The highest BCUT2D eigenvalue weighted by Gasteiger charge is 2.47. The molecule has 3 aromatic rings. The number of aryl methyl sites for hydroxylation is 1. The average molecular weight is 482 g/mol. The number of Topliss-reactive ketones (excluding diaryl/α,β-unsaturated/α-hetero) is 1. The lowest BCUT2D eigenvalue weighted by Crippen LogP contribution is -2.29. The first-order chi connectivity index (χ1) is 15.8. The van der Waals surface area contributed by atoms with Gasteiger partial charge in [0.1, 0.15) is 11.5 Å². The molecule has 0 spiro atoms. The standard InChI is InChI=1S/C26H21Cl2NO4/c1-3-33-19-9-5-7-17(13-19)24(30)22-23(16-10-11-20(27)21(28)14-16)29(26(32)25(22)31)18-8-4-6-15(2)12-18/h4-14,23,30H,3H2,1-2H3/b24-22-. The number of rotatable bonds is 5. The number of hydrogen-bond acceptors (Lipinski definition) is 4. The first-order valence-corrected chi connectivity index (χ1v) is 11.1. The summed E-state index contributed by atoms with van der Waals surface area (Å²) in [5.41, 5.74) is 2.34. The van der Waals surface area contributed by atoms with Gasteiger partial charge in [0.15, 0.2) is 0 Å². The van der Waals surface area contributed by atoms with Crippen molar-refractivity contribution in [2.45, 2.75) is 19.9 Å². The smallest absolute Gasteiger partial charge is 0.300 e. The summed E-state index contributed by atoms with van der Waals surface area (Å²) in [6.07, 6.45) is 0. The second-order valence-electron chi connectivity index (χ2n) is 7.64. The molecule has 1 unspecified atom stereocenters. The normalized spacial score (nSPS) is 17.5. The van der Waals surface area contributed by atoms with Crippen molar-refractivity contribution < 1.29 is 19.4 Å². The van der Waals surface area contributed by atoms with E-state index in [9.17, 15) is 14.7 Å². The molecule has 4 rings (SSSR count). The van der Waals surface area contributed by atoms with E-state index in [1.165, 1.54) is 4.90 Å². The highest BCUT2D eigenvalue weighted by atomic mass is 35.5. The van der Waals surface area contributed by atoms with Crippen LogP contribution >= 0.6 is 23.2 Å². The summed E-state index contributed by atoms with van der Waals surface area (Å²) in [4.78, 5) is 27.8. The van der Waals surface area contributed by atoms with Crippen LogP contribution in [-0.2, 0) is 9.59 Å². The molecule has 168 valence electrons. The lowest BCUT2D eigenvalue weighted by atomic mass is 9.95. The topological polar surface area (TPSA) is 66.8 Å². The van der Waals surface area contributed by atoms with Gasteiger partial charge in [0, 0.05) is 11.3 Å². The third-order valence-corrected chi connectivity index (χ3v) is 6.14. The van der Waals surface area contributed by atoms with Crippen LogP contribution in [0.25, 0.3) is 5.76 Å². The van der Waals surface area contributed by atoms with Crippen LogP contribution in [0.4, 0.5) is 5.69 Å². The third-order valence-electron chi connectivity index (χ3n) is 5.40. The van der Waals surface area contributed by atoms with Crippen molar-refractivity contribution in [3.05, 3.63) is 99.0 Å². The van der Waals surface area contributed by atoms with Crippen molar-refractivity contribution in [2.24, 2.45) is 0 Å². The Morgan fingerprint density at radius 1 is 1.00 bits per heavy atom. The molecule has 1 amide bonds. The van der Waals surface area contributed by atoms with Gasteiger partial charge in [-0.05, 0) is 61.4 Å². The van der Waals surface area contributed by atoms with Gasteiger partial charge in [-0.3, -0.25) is 14.5 Å².